The summed E-state index contributed by atoms with van der Waals surface area (Å²) in [6, 6.07) is 14.0. The van der Waals surface area contributed by atoms with Gasteiger partial charge in [0.2, 0.25) is 0 Å². The first-order valence-corrected chi connectivity index (χ1v) is 11.0. The molecule has 0 aliphatic heterocycles. The van der Waals surface area contributed by atoms with Crippen molar-refractivity contribution in [3.8, 4) is 5.75 Å². The van der Waals surface area contributed by atoms with Gasteiger partial charge in [-0.05, 0) is 72.3 Å². The molecule has 3 aromatic rings. The van der Waals surface area contributed by atoms with Crippen molar-refractivity contribution in [2.24, 2.45) is 5.92 Å². The molecule has 6 heteroatoms. The summed E-state index contributed by atoms with van der Waals surface area (Å²) in [5.74, 6) is 1.28. The number of aryl methyl sites for hydroxylation is 2. The molecule has 0 saturated heterocycles. The number of nitrogens with one attached hydrogen (secondary N) is 2. The van der Waals surface area contributed by atoms with Gasteiger partial charge in [0.05, 0.1) is 19.2 Å². The fourth-order valence-electron chi connectivity index (χ4n) is 3.45. The number of aromatic nitrogens is 1. The maximum Gasteiger partial charge on any atom is 0.253 e. The Balaban J connectivity index is 1.91. The van der Waals surface area contributed by atoms with Crippen molar-refractivity contribution in [1.82, 2.24) is 15.2 Å². The van der Waals surface area contributed by atoms with Gasteiger partial charge < -0.3 is 19.9 Å². The van der Waals surface area contributed by atoms with Crippen LogP contribution in [0.2, 0.25) is 0 Å². The summed E-state index contributed by atoms with van der Waals surface area (Å²) in [7, 11) is 1.65. The zero-order valence-corrected chi connectivity index (χ0v) is 19.7. The lowest BCUT2D eigenvalue weighted by Crippen LogP contribution is -2.41. The van der Waals surface area contributed by atoms with Crippen LogP contribution in [0, 0.1) is 19.8 Å². The Kier molecular flexibility index (Phi) is 7.33. The number of nitrogens with zero attached hydrogens (tertiary/aromatic N) is 1. The normalized spacial score (nSPS) is 11.0. The summed E-state index contributed by atoms with van der Waals surface area (Å²) in [6.07, 6.45) is 0. The minimum atomic E-state index is -0.0763. The molecule has 0 saturated carbocycles. The van der Waals surface area contributed by atoms with Crippen molar-refractivity contribution >= 4 is 28.2 Å². The molecule has 2 N–H and O–H groups in total. The molecule has 2 aromatic carbocycles. The second-order valence-corrected chi connectivity index (χ2v) is 8.77. The maximum atomic E-state index is 12.9. The third-order valence-corrected chi connectivity index (χ3v) is 5.87. The van der Waals surface area contributed by atoms with E-state index in [-0.39, 0.29) is 5.56 Å². The lowest BCUT2D eigenvalue weighted by Gasteiger charge is -2.27. The van der Waals surface area contributed by atoms with E-state index in [1.54, 1.807) is 7.11 Å². The highest BCUT2D eigenvalue weighted by atomic mass is 32.1. The van der Waals surface area contributed by atoms with Crippen molar-refractivity contribution in [2.45, 2.75) is 40.8 Å². The highest BCUT2D eigenvalue weighted by Crippen LogP contribution is 2.20. The van der Waals surface area contributed by atoms with Crippen LogP contribution in [0.5, 0.6) is 5.75 Å². The van der Waals surface area contributed by atoms with E-state index in [2.05, 4.69) is 43.2 Å². The van der Waals surface area contributed by atoms with Gasteiger partial charge in [0, 0.05) is 18.7 Å². The van der Waals surface area contributed by atoms with Crippen LogP contribution in [0.3, 0.4) is 0 Å². The number of ether oxygens (including phenoxy) is 1. The molecule has 164 valence electrons. The van der Waals surface area contributed by atoms with E-state index >= 15 is 0 Å². The number of pyridine rings is 1. The van der Waals surface area contributed by atoms with Crippen molar-refractivity contribution in [3.05, 3.63) is 75.1 Å². The molecule has 0 amide bonds. The molecule has 1 aromatic heterocycles. The van der Waals surface area contributed by atoms with Crippen LogP contribution in [0.4, 0.5) is 0 Å². The topological polar surface area (TPSA) is 57.4 Å². The second-order valence-electron chi connectivity index (χ2n) is 8.38. The van der Waals surface area contributed by atoms with Gasteiger partial charge in [-0.1, -0.05) is 38.1 Å². The first kappa shape index (κ1) is 22.8. The van der Waals surface area contributed by atoms with Crippen LogP contribution < -0.4 is 15.6 Å². The van der Waals surface area contributed by atoms with Crippen LogP contribution in [0.25, 0.3) is 10.9 Å². The SMILES string of the molecule is COc1ccc(CN(Cc2cc3ccc(C)c(C)c3[nH]c2=O)C(=S)NCC(C)C)cc1. The number of fused-ring (bicyclic) bond motifs is 1. The minimum absolute atomic E-state index is 0.0763. The Hall–Kier alpha value is -2.86. The molecular formula is C25H31N3O2S. The smallest absolute Gasteiger partial charge is 0.253 e. The molecule has 0 bridgehead atoms. The summed E-state index contributed by atoms with van der Waals surface area (Å²) < 4.78 is 5.26. The first-order chi connectivity index (χ1) is 14.8. The number of rotatable bonds is 7. The zero-order chi connectivity index (χ0) is 22.5. The number of thiocarbonyl (C=S) groups is 1. The largest absolute Gasteiger partial charge is 0.497 e. The van der Waals surface area contributed by atoms with E-state index in [1.807, 2.05) is 42.2 Å². The summed E-state index contributed by atoms with van der Waals surface area (Å²) in [4.78, 5) is 18.0. The van der Waals surface area contributed by atoms with Crippen LogP contribution in [0.15, 0.2) is 47.3 Å². The monoisotopic (exact) mass is 437 g/mol. The lowest BCUT2D eigenvalue weighted by atomic mass is 10.0. The summed E-state index contributed by atoms with van der Waals surface area (Å²) in [5, 5.41) is 5.01. The minimum Gasteiger partial charge on any atom is -0.497 e. The van der Waals surface area contributed by atoms with Gasteiger partial charge >= 0.3 is 0 Å². The molecule has 0 fully saturated rings. The van der Waals surface area contributed by atoms with Gasteiger partial charge in [-0.3, -0.25) is 4.79 Å². The summed E-state index contributed by atoms with van der Waals surface area (Å²) >= 11 is 5.70. The highest BCUT2D eigenvalue weighted by Gasteiger charge is 2.15. The number of H-pyrrole nitrogens is 1. The number of benzene rings is 2. The van der Waals surface area contributed by atoms with Crippen LogP contribution >= 0.6 is 12.2 Å². The third-order valence-electron chi connectivity index (χ3n) is 5.47. The first-order valence-electron chi connectivity index (χ1n) is 10.6. The molecule has 0 aliphatic carbocycles. The van der Waals surface area contributed by atoms with Gasteiger partial charge in [0.15, 0.2) is 5.11 Å². The Morgan fingerprint density at radius 2 is 1.84 bits per heavy atom. The van der Waals surface area contributed by atoms with E-state index in [0.29, 0.717) is 29.7 Å². The lowest BCUT2D eigenvalue weighted by molar-refractivity contribution is 0.392. The fourth-order valence-corrected chi connectivity index (χ4v) is 3.66. The highest BCUT2D eigenvalue weighted by molar-refractivity contribution is 7.80. The molecule has 0 spiro atoms. The second kappa shape index (κ2) is 9.96. The number of aromatic amines is 1. The molecule has 0 aliphatic rings. The molecular weight excluding hydrogens is 406 g/mol. The Labute approximate surface area is 189 Å². The molecule has 0 radical (unpaired) electrons. The molecule has 3 rings (SSSR count). The molecule has 1 heterocycles. The zero-order valence-electron chi connectivity index (χ0n) is 18.9. The number of hydrogen-bond donors (Lipinski definition) is 2. The van der Waals surface area contributed by atoms with E-state index in [1.165, 1.54) is 0 Å². The quantitative estimate of drug-likeness (QED) is 0.526. The number of hydrogen-bond acceptors (Lipinski definition) is 3. The Bertz CT molecular complexity index is 1120. The fraction of sp³-hybridized carbons (Fsp3) is 0.360. The van der Waals surface area contributed by atoms with Crippen LogP contribution in [0.1, 0.15) is 36.1 Å². The average Bonchev–Trinajstić information content (AvgIpc) is 2.75. The van der Waals surface area contributed by atoms with Crippen molar-refractivity contribution < 1.29 is 4.74 Å². The summed E-state index contributed by atoms with van der Waals surface area (Å²) in [6.45, 7) is 10.2. The molecule has 0 atom stereocenters. The van der Waals surface area contributed by atoms with E-state index < -0.39 is 0 Å². The van der Waals surface area contributed by atoms with Crippen molar-refractivity contribution in [1.29, 1.82) is 0 Å². The third kappa shape index (κ3) is 5.64. The van der Waals surface area contributed by atoms with Gasteiger partial charge in [0.25, 0.3) is 5.56 Å². The Morgan fingerprint density at radius 3 is 2.48 bits per heavy atom. The standard InChI is InChI=1S/C25H31N3O2S/c1-16(2)13-26-25(31)28(14-19-7-10-22(30-5)11-8-19)15-21-12-20-9-6-17(3)18(4)23(20)27-24(21)29/h6-12,16H,13-15H2,1-5H3,(H,26,31)(H,27,29). The molecule has 5 nitrogen and oxygen atoms in total. The predicted octanol–water partition coefficient (Wildman–Crippen LogP) is 4.69. The Morgan fingerprint density at radius 1 is 1.13 bits per heavy atom. The van der Waals surface area contributed by atoms with Gasteiger partial charge in [-0.25, -0.2) is 0 Å². The van der Waals surface area contributed by atoms with Crippen LogP contribution in [-0.2, 0) is 13.1 Å². The summed E-state index contributed by atoms with van der Waals surface area (Å²) in [5.41, 5.74) is 4.88. The van der Waals surface area contributed by atoms with Crippen molar-refractivity contribution in [2.75, 3.05) is 13.7 Å². The van der Waals surface area contributed by atoms with E-state index in [4.69, 9.17) is 17.0 Å². The number of methoxy groups -OCH3 is 1. The maximum absolute atomic E-state index is 12.9. The van der Waals surface area contributed by atoms with Gasteiger partial charge in [-0.2, -0.15) is 0 Å². The average molecular weight is 438 g/mol. The van der Waals surface area contributed by atoms with Crippen LogP contribution in [-0.4, -0.2) is 28.7 Å². The molecule has 0 unspecified atom stereocenters. The van der Waals surface area contributed by atoms with E-state index in [0.717, 1.165) is 39.9 Å². The van der Waals surface area contributed by atoms with Gasteiger partial charge in [0.1, 0.15) is 5.75 Å². The van der Waals surface area contributed by atoms with E-state index in [9.17, 15) is 4.79 Å². The van der Waals surface area contributed by atoms with Crippen molar-refractivity contribution in [3.63, 3.8) is 0 Å². The molecule has 31 heavy (non-hydrogen) atoms. The predicted molar refractivity (Wildman–Crippen MR) is 132 cm³/mol. The van der Waals surface area contributed by atoms with Gasteiger partial charge in [-0.15, -0.1) is 0 Å².